The van der Waals surface area contributed by atoms with Crippen molar-refractivity contribution in [1.82, 2.24) is 19.7 Å². The second kappa shape index (κ2) is 8.98. The van der Waals surface area contributed by atoms with E-state index < -0.39 is 0 Å². The third-order valence-corrected chi connectivity index (χ3v) is 6.39. The molecule has 1 atom stereocenters. The number of rotatable bonds is 4. The van der Waals surface area contributed by atoms with Crippen molar-refractivity contribution in [2.24, 2.45) is 0 Å². The van der Waals surface area contributed by atoms with Crippen LogP contribution in [-0.4, -0.2) is 57.8 Å². The third kappa shape index (κ3) is 3.96. The maximum Gasteiger partial charge on any atom is 0.276 e. The lowest BCUT2D eigenvalue weighted by Crippen LogP contribution is -2.40. The van der Waals surface area contributed by atoms with E-state index in [0.717, 1.165) is 12.8 Å². The minimum atomic E-state index is -0.387. The van der Waals surface area contributed by atoms with Gasteiger partial charge in [0.15, 0.2) is 17.2 Å². The molecule has 0 spiro atoms. The molecule has 0 aliphatic carbocycles. The van der Waals surface area contributed by atoms with E-state index in [0.29, 0.717) is 65.1 Å². The van der Waals surface area contributed by atoms with Crippen molar-refractivity contribution in [3.63, 3.8) is 0 Å². The van der Waals surface area contributed by atoms with E-state index in [1.807, 2.05) is 6.92 Å². The number of halogens is 1. The smallest absolute Gasteiger partial charge is 0.276 e. The average molecular weight is 482 g/mol. The van der Waals surface area contributed by atoms with Gasteiger partial charge in [-0.3, -0.25) is 19.3 Å². The number of anilines is 1. The summed E-state index contributed by atoms with van der Waals surface area (Å²) in [5.74, 6) is 0.709. The number of nitrogens with one attached hydrogen (secondary N) is 1. The van der Waals surface area contributed by atoms with Crippen LogP contribution in [0.1, 0.15) is 35.1 Å². The Hall–Kier alpha value is -3.59. The van der Waals surface area contributed by atoms with Gasteiger partial charge in [-0.25, -0.2) is 0 Å². The molecule has 0 radical (unpaired) electrons. The normalized spacial score (nSPS) is 17.5. The monoisotopic (exact) mass is 481 g/mol. The maximum absolute atomic E-state index is 13.4. The highest BCUT2D eigenvalue weighted by atomic mass is 35.5. The molecule has 1 fully saturated rings. The third-order valence-electron chi connectivity index (χ3n) is 6.11. The fraction of sp³-hybridized carbons (Fsp3) is 0.333. The lowest BCUT2D eigenvalue weighted by molar-refractivity contribution is -0.127. The Labute approximate surface area is 201 Å². The fourth-order valence-corrected chi connectivity index (χ4v) is 4.73. The number of carbonyl (C=O) groups excluding carboxylic acids is 2. The Morgan fingerprint density at radius 1 is 1.26 bits per heavy atom. The van der Waals surface area contributed by atoms with Crippen molar-refractivity contribution < 1.29 is 19.1 Å². The molecule has 34 heavy (non-hydrogen) atoms. The number of likely N-dealkylation sites (tertiary alicyclic amines) is 1. The van der Waals surface area contributed by atoms with E-state index >= 15 is 0 Å². The number of benzene rings is 1. The van der Waals surface area contributed by atoms with Crippen molar-refractivity contribution in [2.45, 2.75) is 25.8 Å². The first-order valence-electron chi connectivity index (χ1n) is 11.1. The predicted octanol–water partition coefficient (Wildman–Crippen LogP) is 3.77. The van der Waals surface area contributed by atoms with E-state index in [2.05, 4.69) is 16.9 Å². The summed E-state index contributed by atoms with van der Waals surface area (Å²) in [6, 6.07) is 5.11. The van der Waals surface area contributed by atoms with Crippen LogP contribution in [0.4, 0.5) is 5.69 Å². The lowest BCUT2D eigenvalue weighted by atomic mass is 10.1. The van der Waals surface area contributed by atoms with Gasteiger partial charge in [0, 0.05) is 36.7 Å². The molecule has 9 nitrogen and oxygen atoms in total. The molecule has 0 saturated carbocycles. The highest BCUT2D eigenvalue weighted by molar-refractivity contribution is 6.35. The summed E-state index contributed by atoms with van der Waals surface area (Å²) in [6.45, 7) is 7.48. The van der Waals surface area contributed by atoms with Crippen LogP contribution in [0.2, 0.25) is 5.02 Å². The average Bonchev–Trinajstić information content (AvgIpc) is 3.28. The van der Waals surface area contributed by atoms with Crippen LogP contribution in [0, 0.1) is 6.92 Å². The van der Waals surface area contributed by atoms with Crippen molar-refractivity contribution >= 4 is 40.0 Å². The van der Waals surface area contributed by atoms with E-state index in [1.54, 1.807) is 34.0 Å². The molecule has 2 amide bonds. The molecule has 0 unspecified atom stereocenters. The Bertz CT molecular complexity index is 1300. The molecule has 5 rings (SSSR count). The van der Waals surface area contributed by atoms with Gasteiger partial charge in [-0.2, -0.15) is 5.10 Å². The zero-order valence-electron chi connectivity index (χ0n) is 18.7. The van der Waals surface area contributed by atoms with Crippen LogP contribution in [0.15, 0.2) is 37.1 Å². The number of hydrogen-bond acceptors (Lipinski definition) is 6. The van der Waals surface area contributed by atoms with Gasteiger partial charge < -0.3 is 19.7 Å². The Morgan fingerprint density at radius 3 is 2.85 bits per heavy atom. The first kappa shape index (κ1) is 22.2. The molecule has 2 aliphatic rings. The van der Waals surface area contributed by atoms with E-state index in [-0.39, 0.29) is 23.6 Å². The summed E-state index contributed by atoms with van der Waals surface area (Å²) >= 11 is 6.56. The fourth-order valence-electron chi connectivity index (χ4n) is 4.50. The number of pyridine rings is 1. The summed E-state index contributed by atoms with van der Waals surface area (Å²) in [5.41, 5.74) is 2.07. The number of aryl methyl sites for hydroxylation is 1. The highest BCUT2D eigenvalue weighted by Gasteiger charge is 2.29. The number of amides is 2. The first-order valence-corrected chi connectivity index (χ1v) is 11.5. The zero-order chi connectivity index (χ0) is 23.8. The number of nitrogens with zero attached hydrogens (tertiary/aromatic N) is 4. The summed E-state index contributed by atoms with van der Waals surface area (Å²) in [4.78, 5) is 31.7. The molecule has 176 valence electrons. The molecule has 3 aromatic rings. The summed E-state index contributed by atoms with van der Waals surface area (Å²) < 4.78 is 12.9. The van der Waals surface area contributed by atoms with Crippen LogP contribution in [0.5, 0.6) is 11.5 Å². The second-order valence-corrected chi connectivity index (χ2v) is 8.71. The second-order valence-electron chi connectivity index (χ2n) is 8.31. The summed E-state index contributed by atoms with van der Waals surface area (Å²) in [5, 5.41) is 8.59. The predicted molar refractivity (Wildman–Crippen MR) is 128 cm³/mol. The van der Waals surface area contributed by atoms with Crippen molar-refractivity contribution in [1.29, 1.82) is 0 Å². The van der Waals surface area contributed by atoms with E-state index in [9.17, 15) is 9.59 Å². The van der Waals surface area contributed by atoms with Crippen molar-refractivity contribution in [3.05, 3.63) is 53.5 Å². The van der Waals surface area contributed by atoms with Gasteiger partial charge in [-0.15, -0.1) is 0 Å². The Balaban J connectivity index is 1.51. The van der Waals surface area contributed by atoms with Gasteiger partial charge in [0.25, 0.3) is 5.91 Å². The van der Waals surface area contributed by atoms with Crippen molar-refractivity contribution in [2.75, 3.05) is 31.6 Å². The molecule has 1 saturated heterocycles. The SMILES string of the molecule is C=CC(=O)N1CCC[C@@H](n2nc(C(=O)Nc3ccc4c(c3)OCCO4)c3c(C)ncc(Cl)c32)C1. The molecular weight excluding hydrogens is 458 g/mol. The van der Waals surface area contributed by atoms with E-state index in [1.165, 1.54) is 6.08 Å². The Morgan fingerprint density at radius 2 is 2.06 bits per heavy atom. The Kier molecular flexibility index (Phi) is 5.87. The highest BCUT2D eigenvalue weighted by Crippen LogP contribution is 2.35. The molecule has 1 N–H and O–H groups in total. The number of piperidine rings is 1. The van der Waals surface area contributed by atoms with Gasteiger partial charge in [-0.1, -0.05) is 18.2 Å². The molecule has 0 bridgehead atoms. The summed E-state index contributed by atoms with van der Waals surface area (Å²) in [7, 11) is 0. The van der Waals surface area contributed by atoms with Crippen LogP contribution in [-0.2, 0) is 4.79 Å². The number of ether oxygens (including phenoxy) is 2. The van der Waals surface area contributed by atoms with Crippen LogP contribution in [0.3, 0.4) is 0 Å². The minimum absolute atomic E-state index is 0.123. The largest absolute Gasteiger partial charge is 0.486 e. The number of hydrogen-bond donors (Lipinski definition) is 1. The molecule has 4 heterocycles. The van der Waals surface area contributed by atoms with Crippen molar-refractivity contribution in [3.8, 4) is 11.5 Å². The first-order chi connectivity index (χ1) is 16.5. The van der Waals surface area contributed by atoms with Gasteiger partial charge in [0.2, 0.25) is 5.91 Å². The van der Waals surface area contributed by atoms with Gasteiger partial charge >= 0.3 is 0 Å². The minimum Gasteiger partial charge on any atom is -0.486 e. The van der Waals surface area contributed by atoms with Gasteiger partial charge in [-0.05, 0) is 38.0 Å². The number of aromatic nitrogens is 3. The standard InChI is InChI=1S/C24H24ClN5O4/c1-3-20(31)29-8-4-5-16(13-29)30-23-17(25)12-26-14(2)21(23)22(28-30)24(32)27-15-6-7-18-19(11-15)34-10-9-33-18/h3,6-7,11-12,16H,1,4-5,8-10,13H2,2H3,(H,27,32)/t16-/m1/s1. The van der Waals surface area contributed by atoms with Crippen LogP contribution in [0.25, 0.3) is 10.9 Å². The lowest BCUT2D eigenvalue weighted by Gasteiger charge is -2.32. The van der Waals surface area contributed by atoms with Crippen LogP contribution >= 0.6 is 11.6 Å². The number of carbonyl (C=O) groups is 2. The molecule has 2 aromatic heterocycles. The quantitative estimate of drug-likeness (QED) is 0.569. The van der Waals surface area contributed by atoms with Gasteiger partial charge in [0.05, 0.1) is 22.0 Å². The summed E-state index contributed by atoms with van der Waals surface area (Å²) in [6.07, 6.45) is 4.50. The molecule has 1 aromatic carbocycles. The topological polar surface area (TPSA) is 98.6 Å². The van der Waals surface area contributed by atoms with Gasteiger partial charge in [0.1, 0.15) is 13.2 Å². The molecular formula is C24H24ClN5O4. The molecule has 2 aliphatic heterocycles. The maximum atomic E-state index is 13.4. The zero-order valence-corrected chi connectivity index (χ0v) is 19.5. The van der Waals surface area contributed by atoms with Crippen LogP contribution < -0.4 is 14.8 Å². The molecule has 10 heteroatoms. The van der Waals surface area contributed by atoms with E-state index in [4.69, 9.17) is 26.2 Å². The number of fused-ring (bicyclic) bond motifs is 2.